The van der Waals surface area contributed by atoms with Crippen LogP contribution in [0.1, 0.15) is 29.2 Å². The summed E-state index contributed by atoms with van der Waals surface area (Å²) in [7, 11) is -1.75. The van der Waals surface area contributed by atoms with E-state index in [-0.39, 0.29) is 6.73 Å². The predicted octanol–water partition coefficient (Wildman–Crippen LogP) is 4.16. The highest BCUT2D eigenvalue weighted by Crippen LogP contribution is 2.19. The Labute approximate surface area is 134 Å². The van der Waals surface area contributed by atoms with E-state index in [2.05, 4.69) is 39.8 Å². The van der Waals surface area contributed by atoms with Gasteiger partial charge >= 0.3 is 8.03 Å². The lowest BCUT2D eigenvalue weighted by Gasteiger charge is -2.08. The quantitative estimate of drug-likeness (QED) is 0.680. The van der Waals surface area contributed by atoms with Crippen LogP contribution in [0, 0.1) is 20.8 Å². The molecule has 2 N–H and O–H groups in total. The highest BCUT2D eigenvalue weighted by Gasteiger charge is 2.19. The molecule has 2 aromatic carbocycles. The topological polar surface area (TPSA) is 52.3 Å². The van der Waals surface area contributed by atoms with E-state index in [1.54, 1.807) is 12.1 Å². The van der Waals surface area contributed by atoms with E-state index in [0.717, 1.165) is 6.42 Å². The first-order valence-corrected chi connectivity index (χ1v) is 8.59. The van der Waals surface area contributed by atoms with Gasteiger partial charge in [0.05, 0.1) is 0 Å². The van der Waals surface area contributed by atoms with Crippen molar-refractivity contribution in [3.05, 3.63) is 64.7 Å². The molecule has 3 nitrogen and oxygen atoms in total. The first-order chi connectivity index (χ1) is 10.5. The third kappa shape index (κ3) is 5.69. The molecular weight excluding hydrogens is 293 g/mol. The van der Waals surface area contributed by atoms with Crippen LogP contribution in [0.3, 0.4) is 0 Å². The van der Waals surface area contributed by atoms with Crippen LogP contribution in [0.4, 0.5) is 0 Å². The third-order valence-electron chi connectivity index (χ3n) is 3.35. The van der Waals surface area contributed by atoms with Gasteiger partial charge in [-0.1, -0.05) is 42.8 Å². The summed E-state index contributed by atoms with van der Waals surface area (Å²) >= 11 is 0. The number of benzene rings is 2. The molecule has 0 spiro atoms. The van der Waals surface area contributed by atoms with Crippen LogP contribution in [0.2, 0.25) is 0 Å². The van der Waals surface area contributed by atoms with Gasteiger partial charge in [-0.3, -0.25) is 0 Å². The van der Waals surface area contributed by atoms with Crippen molar-refractivity contribution < 1.29 is 9.09 Å². The van der Waals surface area contributed by atoms with Crippen LogP contribution >= 0.6 is 8.03 Å². The second-order valence-corrected chi connectivity index (χ2v) is 6.41. The molecule has 4 heteroatoms. The number of rotatable bonds is 4. The summed E-state index contributed by atoms with van der Waals surface area (Å²) in [4.78, 5) is 0. The molecule has 0 heterocycles. The average Bonchev–Trinajstić information content (AvgIpc) is 2.48. The number of hydrogen-bond donors (Lipinski definition) is 1. The maximum atomic E-state index is 11.1. The second-order valence-electron chi connectivity index (χ2n) is 5.12. The Morgan fingerprint density at radius 3 is 2.05 bits per heavy atom. The van der Waals surface area contributed by atoms with Gasteiger partial charge in [0.2, 0.25) is 5.30 Å². The lowest BCUT2D eigenvalue weighted by atomic mass is 9.98. The number of aryl methyl sites for hydroxylation is 3. The minimum atomic E-state index is -1.75. The van der Waals surface area contributed by atoms with Gasteiger partial charge in [0.15, 0.2) is 6.73 Å². The van der Waals surface area contributed by atoms with E-state index in [4.69, 9.17) is 10.3 Å². The molecule has 118 valence electrons. The summed E-state index contributed by atoms with van der Waals surface area (Å²) in [6, 6.07) is 13.5. The number of hydrogen-bond acceptors (Lipinski definition) is 3. The molecular formula is C18H25NO2P+. The molecule has 1 atom stereocenters. The predicted molar refractivity (Wildman–Crippen MR) is 93.9 cm³/mol. The maximum Gasteiger partial charge on any atom is 0.550 e. The molecule has 0 bridgehead atoms. The zero-order valence-electron chi connectivity index (χ0n) is 13.8. The summed E-state index contributed by atoms with van der Waals surface area (Å²) < 4.78 is 15.8. The summed E-state index contributed by atoms with van der Waals surface area (Å²) in [5.41, 5.74) is 10.8. The van der Waals surface area contributed by atoms with Crippen molar-refractivity contribution in [2.45, 2.75) is 34.1 Å². The van der Waals surface area contributed by atoms with Crippen LogP contribution in [-0.2, 0) is 15.5 Å². The molecule has 0 aliphatic rings. The summed E-state index contributed by atoms with van der Waals surface area (Å²) in [5.74, 6) is 0. The van der Waals surface area contributed by atoms with E-state index in [9.17, 15) is 4.57 Å². The van der Waals surface area contributed by atoms with E-state index in [0.29, 0.717) is 5.30 Å². The molecule has 0 aromatic heterocycles. The molecule has 2 rings (SSSR count). The Bertz CT molecular complexity index is 589. The summed E-state index contributed by atoms with van der Waals surface area (Å²) in [6.07, 6.45) is 1.15. The fourth-order valence-corrected chi connectivity index (χ4v) is 3.16. The Hall–Kier alpha value is -1.54. The van der Waals surface area contributed by atoms with E-state index in [1.807, 2.05) is 18.2 Å². The van der Waals surface area contributed by atoms with Gasteiger partial charge < -0.3 is 5.73 Å². The van der Waals surface area contributed by atoms with Crippen molar-refractivity contribution in [1.82, 2.24) is 0 Å². The smallest absolute Gasteiger partial charge is 0.304 e. The van der Waals surface area contributed by atoms with E-state index < -0.39 is 8.03 Å². The zero-order chi connectivity index (χ0) is 16.5. The number of nitrogens with two attached hydrogens (primary N) is 1. The Balaban J connectivity index is 0.000000220. The molecule has 1 unspecified atom stereocenters. The molecule has 2 aromatic rings. The van der Waals surface area contributed by atoms with Gasteiger partial charge in [-0.15, -0.1) is 4.52 Å². The third-order valence-corrected chi connectivity index (χ3v) is 4.46. The summed E-state index contributed by atoms with van der Waals surface area (Å²) in [5, 5.41) is 0.674. The fourth-order valence-electron chi connectivity index (χ4n) is 2.46. The van der Waals surface area contributed by atoms with E-state index >= 15 is 0 Å². The normalized spacial score (nSPS) is 10.7. The fraction of sp³-hybridized carbons (Fsp3) is 0.333. The maximum absolute atomic E-state index is 11.1. The lowest BCUT2D eigenvalue weighted by molar-refractivity contribution is 0.347. The van der Waals surface area contributed by atoms with Crippen molar-refractivity contribution in [2.75, 3.05) is 6.73 Å². The molecule has 0 fully saturated rings. The molecule has 0 amide bonds. The Morgan fingerprint density at radius 1 is 1.05 bits per heavy atom. The van der Waals surface area contributed by atoms with Crippen molar-refractivity contribution in [3.8, 4) is 0 Å². The minimum absolute atomic E-state index is 0.00982. The van der Waals surface area contributed by atoms with Gasteiger partial charge in [0.25, 0.3) is 0 Å². The van der Waals surface area contributed by atoms with Crippen LogP contribution in [0.15, 0.2) is 42.5 Å². The first-order valence-electron chi connectivity index (χ1n) is 7.41. The molecule has 0 saturated heterocycles. The highest BCUT2D eigenvalue weighted by molar-refractivity contribution is 7.48. The van der Waals surface area contributed by atoms with Gasteiger partial charge in [-0.25, -0.2) is 0 Å². The van der Waals surface area contributed by atoms with Crippen molar-refractivity contribution in [3.63, 3.8) is 0 Å². The molecule has 22 heavy (non-hydrogen) atoms. The van der Waals surface area contributed by atoms with E-state index in [1.165, 1.54) is 22.3 Å². The molecule has 0 aliphatic carbocycles. The standard InChI is InChI=1S/C11H16.C7H9NO2P/c1-5-11-9(3)6-8(2)7-10(11)4;8-6-10-11(9)7-4-2-1-3-5-7/h6-7H,5H2,1-4H3;1-5H,6,8H2/q;+1. The van der Waals surface area contributed by atoms with Crippen molar-refractivity contribution >= 4 is 13.3 Å². The van der Waals surface area contributed by atoms with Crippen molar-refractivity contribution in [1.29, 1.82) is 0 Å². The average molecular weight is 318 g/mol. The Kier molecular flexibility index (Phi) is 7.97. The Morgan fingerprint density at radius 2 is 1.59 bits per heavy atom. The highest BCUT2D eigenvalue weighted by atomic mass is 31.1. The second kappa shape index (κ2) is 9.47. The van der Waals surface area contributed by atoms with Crippen molar-refractivity contribution in [2.24, 2.45) is 5.73 Å². The molecule has 0 radical (unpaired) electrons. The van der Waals surface area contributed by atoms with Gasteiger partial charge in [0, 0.05) is 0 Å². The van der Waals surface area contributed by atoms with Crippen LogP contribution in [0.5, 0.6) is 0 Å². The molecule has 0 aliphatic heterocycles. The SMILES string of the molecule is CCc1c(C)cc(C)cc1C.NCO[P+](=O)c1ccccc1. The summed E-state index contributed by atoms with van der Waals surface area (Å²) in [6.45, 7) is 8.74. The van der Waals surface area contributed by atoms with Crippen LogP contribution in [0.25, 0.3) is 0 Å². The van der Waals surface area contributed by atoms with Gasteiger partial charge in [0.1, 0.15) is 0 Å². The largest absolute Gasteiger partial charge is 0.550 e. The van der Waals surface area contributed by atoms with Gasteiger partial charge in [-0.2, -0.15) is 0 Å². The monoisotopic (exact) mass is 318 g/mol. The molecule has 0 saturated carbocycles. The van der Waals surface area contributed by atoms with Crippen LogP contribution in [-0.4, -0.2) is 6.73 Å². The zero-order valence-corrected chi connectivity index (χ0v) is 14.7. The lowest BCUT2D eigenvalue weighted by Crippen LogP contribution is -2.03. The first kappa shape index (κ1) is 18.5. The van der Waals surface area contributed by atoms with Crippen LogP contribution < -0.4 is 11.0 Å². The minimum Gasteiger partial charge on any atom is -0.304 e. The van der Waals surface area contributed by atoms with Gasteiger partial charge in [-0.05, 0) is 60.6 Å².